The molecule has 0 saturated heterocycles. The molecule has 2 heterocycles. The van der Waals surface area contributed by atoms with Crippen molar-refractivity contribution in [2.75, 3.05) is 29.6 Å². The van der Waals surface area contributed by atoms with Crippen LogP contribution in [0.1, 0.15) is 10.5 Å². The van der Waals surface area contributed by atoms with E-state index in [4.69, 9.17) is 4.52 Å². The van der Waals surface area contributed by atoms with Crippen molar-refractivity contribution < 1.29 is 9.32 Å². The number of hydrogen-bond acceptors (Lipinski definition) is 7. The van der Waals surface area contributed by atoms with Gasteiger partial charge in [0.1, 0.15) is 0 Å². The fourth-order valence-electron chi connectivity index (χ4n) is 2.76. The van der Waals surface area contributed by atoms with E-state index >= 15 is 0 Å². The molecule has 0 atom stereocenters. The van der Waals surface area contributed by atoms with E-state index in [2.05, 4.69) is 26.0 Å². The first-order valence-electron chi connectivity index (χ1n) is 9.29. The minimum atomic E-state index is -0.341. The fraction of sp³-hybridized carbons (Fsp3) is 0.0909. The molecule has 150 valence electrons. The molecule has 4 aromatic rings. The molecule has 0 unspecified atom stereocenters. The molecule has 0 bridgehead atoms. The Kier molecular flexibility index (Phi) is 5.38. The molecule has 0 aliphatic heterocycles. The van der Waals surface area contributed by atoms with E-state index in [1.165, 1.54) is 0 Å². The maximum absolute atomic E-state index is 12.5. The third-order valence-electron chi connectivity index (χ3n) is 4.37. The summed E-state index contributed by atoms with van der Waals surface area (Å²) in [5.41, 5.74) is 3.49. The Hall–Kier alpha value is -4.20. The van der Waals surface area contributed by atoms with Crippen molar-refractivity contribution in [2.45, 2.75) is 0 Å². The standard InChI is InChI=1S/C22H20N6O2/c1-28(2)18-12-21(26-23-14-18)24-16-8-10-17(11-9-16)25-22(29)19-13-20(30-27-19)15-6-4-3-5-7-15/h3-14H,1-2H3,(H,24,26)(H,25,29). The third kappa shape index (κ3) is 4.44. The second-order valence-corrected chi connectivity index (χ2v) is 6.79. The third-order valence-corrected chi connectivity index (χ3v) is 4.37. The summed E-state index contributed by atoms with van der Waals surface area (Å²) in [6.45, 7) is 0. The maximum Gasteiger partial charge on any atom is 0.277 e. The summed E-state index contributed by atoms with van der Waals surface area (Å²) < 4.78 is 5.28. The number of carbonyl (C=O) groups is 1. The lowest BCUT2D eigenvalue weighted by Gasteiger charge is -2.13. The zero-order valence-corrected chi connectivity index (χ0v) is 16.5. The van der Waals surface area contributed by atoms with Crippen molar-refractivity contribution in [1.82, 2.24) is 15.4 Å². The van der Waals surface area contributed by atoms with Crippen molar-refractivity contribution in [2.24, 2.45) is 0 Å². The van der Waals surface area contributed by atoms with Crippen molar-refractivity contribution in [3.05, 3.63) is 78.6 Å². The Morgan fingerprint density at radius 2 is 1.70 bits per heavy atom. The molecule has 0 aliphatic carbocycles. The highest BCUT2D eigenvalue weighted by molar-refractivity contribution is 6.03. The number of nitrogens with zero attached hydrogens (tertiary/aromatic N) is 4. The first-order chi connectivity index (χ1) is 14.6. The molecule has 2 aromatic heterocycles. The second-order valence-electron chi connectivity index (χ2n) is 6.79. The Labute approximate surface area is 173 Å². The summed E-state index contributed by atoms with van der Waals surface area (Å²) in [7, 11) is 3.88. The van der Waals surface area contributed by atoms with E-state index in [-0.39, 0.29) is 11.6 Å². The Morgan fingerprint density at radius 3 is 2.43 bits per heavy atom. The molecule has 8 nitrogen and oxygen atoms in total. The summed E-state index contributed by atoms with van der Waals surface area (Å²) in [4.78, 5) is 14.4. The van der Waals surface area contributed by atoms with Crippen LogP contribution in [-0.2, 0) is 0 Å². The first-order valence-corrected chi connectivity index (χ1v) is 9.29. The molecule has 8 heteroatoms. The predicted octanol–water partition coefficient (Wildman–Crippen LogP) is 4.19. The normalized spacial score (nSPS) is 10.5. The molecule has 2 N–H and O–H groups in total. The van der Waals surface area contributed by atoms with E-state index < -0.39 is 0 Å². The van der Waals surface area contributed by atoms with Gasteiger partial charge >= 0.3 is 0 Å². The van der Waals surface area contributed by atoms with Gasteiger partial charge in [-0.3, -0.25) is 4.79 Å². The molecular formula is C22H20N6O2. The molecule has 1 amide bonds. The molecule has 0 aliphatic rings. The van der Waals surface area contributed by atoms with Gasteiger partial charge in [-0.15, -0.1) is 5.10 Å². The summed E-state index contributed by atoms with van der Waals surface area (Å²) in [5.74, 6) is 0.835. The fourth-order valence-corrected chi connectivity index (χ4v) is 2.76. The van der Waals surface area contributed by atoms with Crippen LogP contribution in [0.25, 0.3) is 11.3 Å². The average molecular weight is 400 g/mol. The van der Waals surface area contributed by atoms with Gasteiger partial charge < -0.3 is 20.1 Å². The van der Waals surface area contributed by atoms with Crippen molar-refractivity contribution in [3.8, 4) is 11.3 Å². The van der Waals surface area contributed by atoms with Crippen LogP contribution in [0.15, 0.2) is 77.4 Å². The quantitative estimate of drug-likeness (QED) is 0.501. The van der Waals surface area contributed by atoms with Crippen molar-refractivity contribution >= 4 is 28.8 Å². The number of anilines is 4. The number of rotatable bonds is 6. The minimum absolute atomic E-state index is 0.215. The van der Waals surface area contributed by atoms with E-state index in [1.807, 2.05) is 67.5 Å². The summed E-state index contributed by atoms with van der Waals surface area (Å²) >= 11 is 0. The van der Waals surface area contributed by atoms with Gasteiger partial charge in [-0.2, -0.15) is 5.10 Å². The number of aromatic nitrogens is 3. The monoisotopic (exact) mass is 400 g/mol. The van der Waals surface area contributed by atoms with E-state index in [1.54, 1.807) is 24.4 Å². The van der Waals surface area contributed by atoms with Gasteiger partial charge in [-0.25, -0.2) is 0 Å². The van der Waals surface area contributed by atoms with Gasteiger partial charge in [0.15, 0.2) is 17.3 Å². The van der Waals surface area contributed by atoms with Crippen LogP contribution in [0.2, 0.25) is 0 Å². The highest BCUT2D eigenvalue weighted by Crippen LogP contribution is 2.22. The van der Waals surface area contributed by atoms with E-state index in [0.717, 1.165) is 16.9 Å². The zero-order valence-electron chi connectivity index (χ0n) is 16.5. The SMILES string of the molecule is CN(C)c1cnnc(Nc2ccc(NC(=O)c3cc(-c4ccccc4)on3)cc2)c1. The number of amides is 1. The number of hydrogen-bond donors (Lipinski definition) is 2. The van der Waals surface area contributed by atoms with Gasteiger partial charge in [0.2, 0.25) is 0 Å². The van der Waals surface area contributed by atoms with Crippen molar-refractivity contribution in [3.63, 3.8) is 0 Å². The second kappa shape index (κ2) is 8.44. The predicted molar refractivity (Wildman–Crippen MR) is 116 cm³/mol. The molecule has 0 radical (unpaired) electrons. The lowest BCUT2D eigenvalue weighted by molar-refractivity contribution is 0.101. The summed E-state index contributed by atoms with van der Waals surface area (Å²) in [6, 6.07) is 20.3. The van der Waals surface area contributed by atoms with E-state index in [0.29, 0.717) is 17.3 Å². The van der Waals surface area contributed by atoms with Gasteiger partial charge in [0, 0.05) is 43.2 Å². The molecule has 30 heavy (non-hydrogen) atoms. The Bertz CT molecular complexity index is 1140. The van der Waals surface area contributed by atoms with Crippen LogP contribution >= 0.6 is 0 Å². The lowest BCUT2D eigenvalue weighted by atomic mass is 10.1. The molecule has 0 spiro atoms. The highest BCUT2D eigenvalue weighted by atomic mass is 16.5. The minimum Gasteiger partial charge on any atom is -0.376 e. The number of nitrogens with one attached hydrogen (secondary N) is 2. The number of carbonyl (C=O) groups excluding carboxylic acids is 1. The molecule has 0 saturated carbocycles. The van der Waals surface area contributed by atoms with Gasteiger partial charge in [-0.05, 0) is 24.3 Å². The molecular weight excluding hydrogens is 380 g/mol. The average Bonchev–Trinajstić information content (AvgIpc) is 3.26. The van der Waals surface area contributed by atoms with Crippen LogP contribution in [0.3, 0.4) is 0 Å². The highest BCUT2D eigenvalue weighted by Gasteiger charge is 2.14. The Balaban J connectivity index is 1.41. The topological polar surface area (TPSA) is 96.2 Å². The largest absolute Gasteiger partial charge is 0.376 e. The van der Waals surface area contributed by atoms with Crippen molar-refractivity contribution in [1.29, 1.82) is 0 Å². The van der Waals surface area contributed by atoms with Crippen LogP contribution in [0.5, 0.6) is 0 Å². The number of benzene rings is 2. The molecule has 4 rings (SSSR count). The molecule has 0 fully saturated rings. The smallest absolute Gasteiger partial charge is 0.277 e. The maximum atomic E-state index is 12.5. The van der Waals surface area contributed by atoms with E-state index in [9.17, 15) is 4.79 Å². The Morgan fingerprint density at radius 1 is 0.967 bits per heavy atom. The van der Waals surface area contributed by atoms with Crippen LogP contribution < -0.4 is 15.5 Å². The van der Waals surface area contributed by atoms with Gasteiger partial charge in [0.25, 0.3) is 5.91 Å². The van der Waals surface area contributed by atoms with Gasteiger partial charge in [0.05, 0.1) is 11.9 Å². The van der Waals surface area contributed by atoms with Gasteiger partial charge in [-0.1, -0.05) is 35.5 Å². The van der Waals surface area contributed by atoms with Crippen LogP contribution in [0, 0.1) is 0 Å². The van der Waals surface area contributed by atoms with Crippen LogP contribution in [0.4, 0.5) is 22.9 Å². The zero-order chi connectivity index (χ0) is 20.9. The summed E-state index contributed by atoms with van der Waals surface area (Å²) in [5, 5.41) is 17.9. The first kappa shape index (κ1) is 19.1. The summed E-state index contributed by atoms with van der Waals surface area (Å²) in [6.07, 6.45) is 1.69. The molecule has 2 aromatic carbocycles. The van der Waals surface area contributed by atoms with Crippen LogP contribution in [-0.4, -0.2) is 35.4 Å². The lowest BCUT2D eigenvalue weighted by Crippen LogP contribution is -2.12.